The van der Waals surface area contributed by atoms with Crippen LogP contribution >= 0.6 is 0 Å². The number of carbonyl (C=O) groups is 1. The van der Waals surface area contributed by atoms with Crippen molar-refractivity contribution < 1.29 is 13.6 Å². The highest BCUT2D eigenvalue weighted by atomic mass is 19.1. The van der Waals surface area contributed by atoms with Crippen LogP contribution in [0.15, 0.2) is 61.3 Å². The van der Waals surface area contributed by atoms with Gasteiger partial charge < -0.3 is 15.5 Å². The van der Waals surface area contributed by atoms with Crippen LogP contribution in [0.25, 0.3) is 0 Å². The number of amides is 1. The Labute approximate surface area is 177 Å². The third-order valence-electron chi connectivity index (χ3n) is 5.72. The molecule has 0 atom stereocenters. The lowest BCUT2D eigenvalue weighted by molar-refractivity contribution is -0.114. The molecular formula is C23H19F2N5O. The molecule has 2 aromatic carbocycles. The maximum Gasteiger partial charge on any atom is 0.250 e. The van der Waals surface area contributed by atoms with E-state index in [1.807, 2.05) is 18.2 Å². The number of fused-ring (bicyclic) bond motifs is 2. The molecule has 0 bridgehead atoms. The van der Waals surface area contributed by atoms with Crippen molar-refractivity contribution in [2.24, 2.45) is 0 Å². The molecule has 0 unspecified atom stereocenters. The topological polar surface area (TPSA) is 70.2 Å². The van der Waals surface area contributed by atoms with E-state index >= 15 is 0 Å². The average molecular weight is 419 g/mol. The molecule has 3 aromatic rings. The molecule has 2 aliphatic rings. The number of aromatic nitrogens is 2. The van der Waals surface area contributed by atoms with Crippen molar-refractivity contribution in [2.75, 3.05) is 22.1 Å². The zero-order valence-electron chi connectivity index (χ0n) is 16.5. The maximum atomic E-state index is 14.4. The van der Waals surface area contributed by atoms with Gasteiger partial charge in [0.1, 0.15) is 5.82 Å². The van der Waals surface area contributed by atoms with Crippen molar-refractivity contribution in [3.8, 4) is 0 Å². The van der Waals surface area contributed by atoms with Crippen LogP contribution in [0.3, 0.4) is 0 Å². The van der Waals surface area contributed by atoms with Crippen molar-refractivity contribution in [1.82, 2.24) is 9.97 Å². The van der Waals surface area contributed by atoms with Gasteiger partial charge in [-0.2, -0.15) is 4.98 Å². The van der Waals surface area contributed by atoms with E-state index < -0.39 is 5.82 Å². The Morgan fingerprint density at radius 1 is 1.10 bits per heavy atom. The Kier molecular flexibility index (Phi) is 4.43. The van der Waals surface area contributed by atoms with Crippen LogP contribution < -0.4 is 15.5 Å². The van der Waals surface area contributed by atoms with Crippen LogP contribution in [-0.2, 0) is 10.2 Å². The normalized spacial score (nSPS) is 15.5. The van der Waals surface area contributed by atoms with E-state index in [0.717, 1.165) is 30.3 Å². The molecule has 2 heterocycles. The summed E-state index contributed by atoms with van der Waals surface area (Å²) in [7, 11) is 0. The summed E-state index contributed by atoms with van der Waals surface area (Å²) < 4.78 is 27.5. The van der Waals surface area contributed by atoms with E-state index in [0.29, 0.717) is 17.9 Å². The van der Waals surface area contributed by atoms with Crippen molar-refractivity contribution in [1.29, 1.82) is 0 Å². The van der Waals surface area contributed by atoms with E-state index in [9.17, 15) is 13.6 Å². The molecular weight excluding hydrogens is 400 g/mol. The molecule has 1 aromatic heterocycles. The number of nitrogens with zero attached hydrogens (tertiary/aromatic N) is 3. The second-order valence-electron chi connectivity index (χ2n) is 7.79. The number of nitrogens with one attached hydrogen (secondary N) is 2. The summed E-state index contributed by atoms with van der Waals surface area (Å²) in [4.78, 5) is 22.2. The smallest absolute Gasteiger partial charge is 0.250 e. The number of carbonyl (C=O) groups excluding carboxylic acids is 1. The molecule has 5 rings (SSSR count). The molecule has 0 saturated heterocycles. The summed E-state index contributed by atoms with van der Waals surface area (Å²) in [5.41, 5.74) is 3.16. The third kappa shape index (κ3) is 3.50. The molecule has 8 heteroatoms. The first-order valence-electron chi connectivity index (χ1n) is 9.88. The Morgan fingerprint density at radius 3 is 2.55 bits per heavy atom. The van der Waals surface area contributed by atoms with Gasteiger partial charge in [-0.05, 0) is 60.9 Å². The number of hydrogen-bond donors (Lipinski definition) is 2. The highest BCUT2D eigenvalue weighted by molar-refractivity contribution is 6.03. The van der Waals surface area contributed by atoms with Gasteiger partial charge in [0.05, 0.1) is 6.20 Å². The molecule has 1 saturated carbocycles. The first-order chi connectivity index (χ1) is 15.0. The lowest BCUT2D eigenvalue weighted by Gasteiger charge is -2.16. The zero-order chi connectivity index (χ0) is 21.6. The fourth-order valence-electron chi connectivity index (χ4n) is 3.95. The zero-order valence-corrected chi connectivity index (χ0v) is 16.5. The summed E-state index contributed by atoms with van der Waals surface area (Å²) in [5, 5.41) is 5.89. The van der Waals surface area contributed by atoms with E-state index in [1.165, 1.54) is 30.3 Å². The van der Waals surface area contributed by atoms with Crippen molar-refractivity contribution in [2.45, 2.75) is 18.3 Å². The largest absolute Gasteiger partial charge is 0.338 e. The number of benzene rings is 2. The van der Waals surface area contributed by atoms with Gasteiger partial charge in [0.15, 0.2) is 11.6 Å². The molecule has 1 aliphatic carbocycles. The van der Waals surface area contributed by atoms with Crippen molar-refractivity contribution >= 4 is 34.7 Å². The van der Waals surface area contributed by atoms with Crippen LogP contribution in [-0.4, -0.2) is 22.4 Å². The predicted octanol–water partition coefficient (Wildman–Crippen LogP) is 4.81. The summed E-state index contributed by atoms with van der Waals surface area (Å²) in [6.45, 7) is 4.24. The SMILES string of the molecule is C=CC(=O)N1CC2(CC2)c2ccc(Nc3nc(Nc4ccc(F)cc4)ncc3F)cc21. The van der Waals surface area contributed by atoms with E-state index in [4.69, 9.17) is 0 Å². The van der Waals surface area contributed by atoms with Crippen molar-refractivity contribution in [3.63, 3.8) is 0 Å². The first-order valence-corrected chi connectivity index (χ1v) is 9.88. The minimum Gasteiger partial charge on any atom is -0.338 e. The second-order valence-corrected chi connectivity index (χ2v) is 7.79. The molecule has 1 amide bonds. The molecule has 31 heavy (non-hydrogen) atoms. The van der Waals surface area contributed by atoms with E-state index in [-0.39, 0.29) is 28.9 Å². The van der Waals surface area contributed by atoms with Gasteiger partial charge in [-0.25, -0.2) is 13.8 Å². The summed E-state index contributed by atoms with van der Waals surface area (Å²) >= 11 is 0. The van der Waals surface area contributed by atoms with Crippen LogP contribution in [0.5, 0.6) is 0 Å². The monoisotopic (exact) mass is 419 g/mol. The molecule has 6 nitrogen and oxygen atoms in total. The average Bonchev–Trinajstić information content (AvgIpc) is 3.48. The van der Waals surface area contributed by atoms with Crippen molar-refractivity contribution in [3.05, 3.63) is 78.5 Å². The van der Waals surface area contributed by atoms with Gasteiger partial charge in [0, 0.05) is 29.0 Å². The van der Waals surface area contributed by atoms with E-state index in [2.05, 4.69) is 27.2 Å². The minimum absolute atomic E-state index is 0.0136. The number of halogens is 2. The lowest BCUT2D eigenvalue weighted by Crippen LogP contribution is -2.29. The van der Waals surface area contributed by atoms with Gasteiger partial charge in [-0.15, -0.1) is 0 Å². The Bertz CT molecular complexity index is 1190. The Morgan fingerprint density at radius 2 is 1.84 bits per heavy atom. The fourth-order valence-corrected chi connectivity index (χ4v) is 3.95. The summed E-state index contributed by atoms with van der Waals surface area (Å²) in [6.07, 6.45) is 4.46. The fraction of sp³-hybridized carbons (Fsp3) is 0.174. The number of hydrogen-bond acceptors (Lipinski definition) is 5. The molecule has 0 radical (unpaired) electrons. The van der Waals surface area contributed by atoms with Crippen LogP contribution in [0, 0.1) is 11.6 Å². The maximum absolute atomic E-state index is 14.4. The molecule has 2 N–H and O–H groups in total. The Hall–Kier alpha value is -3.81. The van der Waals surface area contributed by atoms with Crippen LogP contribution in [0.2, 0.25) is 0 Å². The first kappa shape index (κ1) is 19.2. The van der Waals surface area contributed by atoms with Gasteiger partial charge in [-0.1, -0.05) is 12.6 Å². The Balaban J connectivity index is 1.42. The lowest BCUT2D eigenvalue weighted by atomic mass is 9.98. The van der Waals surface area contributed by atoms with Gasteiger partial charge in [-0.3, -0.25) is 4.79 Å². The predicted molar refractivity (Wildman–Crippen MR) is 115 cm³/mol. The molecule has 1 aliphatic heterocycles. The summed E-state index contributed by atoms with van der Waals surface area (Å²) in [6, 6.07) is 11.4. The number of anilines is 5. The highest BCUT2D eigenvalue weighted by Crippen LogP contribution is 2.57. The molecule has 156 valence electrons. The number of rotatable bonds is 5. The third-order valence-corrected chi connectivity index (χ3v) is 5.72. The van der Waals surface area contributed by atoms with Gasteiger partial charge >= 0.3 is 0 Å². The quantitative estimate of drug-likeness (QED) is 0.581. The standard InChI is InChI=1S/C23H19F2N5O/c1-2-20(31)30-13-23(9-10-23)17-8-7-16(11-19(17)30)27-21-18(25)12-26-22(29-21)28-15-5-3-14(24)4-6-15/h2-8,11-12H,1,9-10,13H2,(H2,26,27,28,29). The molecule has 1 spiro atoms. The minimum atomic E-state index is -0.622. The van der Waals surface area contributed by atoms with Crippen LogP contribution in [0.1, 0.15) is 18.4 Å². The van der Waals surface area contributed by atoms with Gasteiger partial charge in [0.25, 0.3) is 0 Å². The van der Waals surface area contributed by atoms with Gasteiger partial charge in [0.2, 0.25) is 11.9 Å². The highest BCUT2D eigenvalue weighted by Gasteiger charge is 2.52. The summed E-state index contributed by atoms with van der Waals surface area (Å²) in [5.74, 6) is -0.983. The van der Waals surface area contributed by atoms with Crippen LogP contribution in [0.4, 0.5) is 37.6 Å². The van der Waals surface area contributed by atoms with E-state index in [1.54, 1.807) is 4.90 Å². The second kappa shape index (κ2) is 7.16. The molecule has 1 fully saturated rings.